The molecule has 2 atom stereocenters. The van der Waals surface area contributed by atoms with Crippen LogP contribution in [0.1, 0.15) is 73.0 Å². The van der Waals surface area contributed by atoms with Crippen molar-refractivity contribution in [2.45, 2.75) is 65.1 Å². The number of carbonyl (C=O) groups excluding carboxylic acids is 3. The van der Waals surface area contributed by atoms with E-state index in [1.54, 1.807) is 46.0 Å². The topological polar surface area (TPSA) is 170 Å². The van der Waals surface area contributed by atoms with Crippen molar-refractivity contribution in [1.29, 1.82) is 0 Å². The molecule has 3 N–H and O–H groups in total. The third kappa shape index (κ3) is 6.67. The molecule has 1 aliphatic heterocycles. The van der Waals surface area contributed by atoms with Gasteiger partial charge in [-0.2, -0.15) is 0 Å². The molecular formula is C33H32FN7O6S. The number of thiophene rings is 1. The molecule has 0 saturated carbocycles. The largest absolute Gasteiger partial charge is 0.444 e. The number of carbonyl (C=O) groups is 3. The highest BCUT2D eigenvalue weighted by atomic mass is 32.1. The zero-order valence-electron chi connectivity index (χ0n) is 26.7. The molecule has 1 aromatic carbocycles. The van der Waals surface area contributed by atoms with Crippen LogP contribution in [0.25, 0.3) is 21.3 Å². The second-order valence-electron chi connectivity index (χ2n) is 12.4. The minimum atomic E-state index is -0.857. The van der Waals surface area contributed by atoms with Crippen LogP contribution in [-0.4, -0.2) is 43.2 Å². The zero-order chi connectivity index (χ0) is 34.3. The molecule has 248 valence electrons. The summed E-state index contributed by atoms with van der Waals surface area (Å²) in [6.07, 6.45) is 1.36. The van der Waals surface area contributed by atoms with Crippen LogP contribution in [0.3, 0.4) is 0 Å². The second-order valence-corrected chi connectivity index (χ2v) is 13.6. The van der Waals surface area contributed by atoms with E-state index in [9.17, 15) is 23.6 Å². The average Bonchev–Trinajstić information content (AvgIpc) is 3.74. The number of hydrogen-bond acceptors (Lipinski definition) is 10. The first-order valence-corrected chi connectivity index (χ1v) is 15.9. The van der Waals surface area contributed by atoms with Gasteiger partial charge in [0.15, 0.2) is 0 Å². The Morgan fingerprint density at radius 1 is 1.15 bits per heavy atom. The highest BCUT2D eigenvalue weighted by Crippen LogP contribution is 2.35. The van der Waals surface area contributed by atoms with Crippen molar-refractivity contribution in [2.75, 3.05) is 10.6 Å². The van der Waals surface area contributed by atoms with Gasteiger partial charge in [-0.05, 0) is 58.4 Å². The first-order chi connectivity index (χ1) is 22.8. The SMILES string of the molecule is Cc1nc2n(c(=O)c1NC(=O)c1cc(-c3ccccc3F)no1)[C@H](C(=O)NCc1cc3cnc(NC(=O)OC(C)(C)C)cc3s1)C[C@H]2C. The van der Waals surface area contributed by atoms with E-state index in [4.69, 9.17) is 9.26 Å². The third-order valence-corrected chi connectivity index (χ3v) is 8.69. The third-order valence-electron chi connectivity index (χ3n) is 7.60. The number of halogens is 1. The Labute approximate surface area is 277 Å². The number of nitrogens with zero attached hydrogens (tertiary/aromatic N) is 4. The van der Waals surface area contributed by atoms with Gasteiger partial charge < -0.3 is 19.9 Å². The maximum absolute atomic E-state index is 14.2. The maximum atomic E-state index is 14.2. The molecule has 3 amide bonds. The highest BCUT2D eigenvalue weighted by molar-refractivity contribution is 7.19. The number of ether oxygens (including phenoxy) is 1. The van der Waals surface area contributed by atoms with Crippen LogP contribution < -0.4 is 21.5 Å². The first-order valence-electron chi connectivity index (χ1n) is 15.1. The van der Waals surface area contributed by atoms with Crippen molar-refractivity contribution in [2.24, 2.45) is 0 Å². The normalized spacial score (nSPS) is 15.6. The summed E-state index contributed by atoms with van der Waals surface area (Å²) in [7, 11) is 0. The monoisotopic (exact) mass is 673 g/mol. The van der Waals surface area contributed by atoms with Gasteiger partial charge in [-0.3, -0.25) is 24.3 Å². The Bertz CT molecular complexity index is 2130. The van der Waals surface area contributed by atoms with Crippen LogP contribution in [0.2, 0.25) is 0 Å². The van der Waals surface area contributed by atoms with Gasteiger partial charge in [0.25, 0.3) is 11.5 Å². The van der Waals surface area contributed by atoms with Crippen LogP contribution >= 0.6 is 11.3 Å². The van der Waals surface area contributed by atoms with Gasteiger partial charge in [0, 0.05) is 38.7 Å². The molecule has 13 nitrogen and oxygen atoms in total. The van der Waals surface area contributed by atoms with E-state index in [1.165, 1.54) is 40.2 Å². The Kier molecular flexibility index (Phi) is 8.55. The standard InChI is InChI=1S/C33H32FN7O6S/c1-16-10-23(29(42)36-15-19-11-18-14-35-26(13-25(18)48-19)38-32(45)46-33(3,4)5)41-28(16)37-17(2)27(31(41)44)39-30(43)24-12-22(40-47-24)20-8-6-7-9-21(20)34/h6-9,11-14,16,23H,10,15H2,1-5H3,(H,36,42)(H,39,43)(H,35,38,45)/t16-,23+/m1/s1. The molecule has 0 unspecified atom stereocenters. The summed E-state index contributed by atoms with van der Waals surface area (Å²) in [5, 5.41) is 12.7. The average molecular weight is 674 g/mol. The Morgan fingerprint density at radius 3 is 2.67 bits per heavy atom. The van der Waals surface area contributed by atoms with Gasteiger partial charge in [-0.1, -0.05) is 24.2 Å². The quantitative estimate of drug-likeness (QED) is 0.190. The molecule has 0 fully saturated rings. The second kappa shape index (κ2) is 12.6. The van der Waals surface area contributed by atoms with E-state index in [0.29, 0.717) is 18.1 Å². The van der Waals surface area contributed by atoms with Crippen LogP contribution in [0, 0.1) is 12.7 Å². The van der Waals surface area contributed by atoms with E-state index in [2.05, 4.69) is 31.1 Å². The molecular weight excluding hydrogens is 641 g/mol. The predicted molar refractivity (Wildman–Crippen MR) is 176 cm³/mol. The number of anilines is 2. The van der Waals surface area contributed by atoms with Crippen LogP contribution in [0.15, 0.2) is 58.0 Å². The first kappa shape index (κ1) is 32.5. The number of fused-ring (bicyclic) bond motifs is 2. The summed E-state index contributed by atoms with van der Waals surface area (Å²) < 4.78 is 26.8. The molecule has 4 aromatic heterocycles. The van der Waals surface area contributed by atoms with Crippen molar-refractivity contribution in [1.82, 2.24) is 25.0 Å². The van der Waals surface area contributed by atoms with Gasteiger partial charge in [0.05, 0.1) is 12.2 Å². The minimum Gasteiger partial charge on any atom is -0.444 e. The Balaban J connectivity index is 1.16. The van der Waals surface area contributed by atoms with Gasteiger partial charge in [-0.25, -0.2) is 19.2 Å². The number of benzene rings is 1. The van der Waals surface area contributed by atoms with Crippen LogP contribution in [0.5, 0.6) is 0 Å². The van der Waals surface area contributed by atoms with E-state index in [1.807, 2.05) is 13.0 Å². The fourth-order valence-corrected chi connectivity index (χ4v) is 6.43. The lowest BCUT2D eigenvalue weighted by Gasteiger charge is -2.19. The molecule has 6 rings (SSSR count). The minimum absolute atomic E-state index is 0.104. The van der Waals surface area contributed by atoms with Gasteiger partial charge in [0.2, 0.25) is 11.7 Å². The molecule has 5 aromatic rings. The molecule has 0 bridgehead atoms. The Morgan fingerprint density at radius 2 is 1.92 bits per heavy atom. The fourth-order valence-electron chi connectivity index (χ4n) is 5.42. The van der Waals surface area contributed by atoms with Crippen molar-refractivity contribution >= 4 is 50.8 Å². The lowest BCUT2D eigenvalue weighted by Crippen LogP contribution is -2.37. The number of hydrogen-bond donors (Lipinski definition) is 3. The van der Waals surface area contributed by atoms with Crippen LogP contribution in [-0.2, 0) is 16.1 Å². The number of rotatable bonds is 7. The summed E-state index contributed by atoms with van der Waals surface area (Å²) in [6.45, 7) is 8.97. The Hall–Kier alpha value is -5.44. The summed E-state index contributed by atoms with van der Waals surface area (Å²) >= 11 is 1.43. The van der Waals surface area contributed by atoms with Crippen molar-refractivity contribution in [3.8, 4) is 11.3 Å². The summed E-state index contributed by atoms with van der Waals surface area (Å²) in [5.41, 5.74) is -0.776. The molecule has 0 spiro atoms. The number of pyridine rings is 1. The molecule has 0 aliphatic carbocycles. The molecule has 15 heteroatoms. The fraction of sp³-hybridized carbons (Fsp3) is 0.303. The van der Waals surface area contributed by atoms with E-state index in [0.717, 1.165) is 15.0 Å². The molecule has 1 aliphatic rings. The lowest BCUT2D eigenvalue weighted by molar-refractivity contribution is -0.124. The lowest BCUT2D eigenvalue weighted by atomic mass is 10.1. The molecule has 5 heterocycles. The smallest absolute Gasteiger partial charge is 0.413 e. The van der Waals surface area contributed by atoms with Crippen molar-refractivity contribution < 1.29 is 28.0 Å². The van der Waals surface area contributed by atoms with E-state index < -0.39 is 35.0 Å². The molecule has 0 saturated heterocycles. The molecule has 48 heavy (non-hydrogen) atoms. The van der Waals surface area contributed by atoms with Gasteiger partial charge in [0.1, 0.15) is 40.5 Å². The number of nitrogens with one attached hydrogen (secondary N) is 3. The summed E-state index contributed by atoms with van der Waals surface area (Å²) in [5.74, 6) is -1.33. The van der Waals surface area contributed by atoms with E-state index in [-0.39, 0.29) is 46.8 Å². The number of aryl methyl sites for hydroxylation is 1. The van der Waals surface area contributed by atoms with E-state index >= 15 is 0 Å². The van der Waals surface area contributed by atoms with Gasteiger partial charge in [-0.15, -0.1) is 11.3 Å². The van der Waals surface area contributed by atoms with Crippen molar-refractivity contribution in [3.63, 3.8) is 0 Å². The summed E-state index contributed by atoms with van der Waals surface area (Å²) in [6, 6.07) is 9.97. The summed E-state index contributed by atoms with van der Waals surface area (Å²) in [4.78, 5) is 62.1. The molecule has 0 radical (unpaired) electrons. The van der Waals surface area contributed by atoms with Crippen LogP contribution in [0.4, 0.5) is 20.7 Å². The highest BCUT2D eigenvalue weighted by Gasteiger charge is 2.37. The number of aromatic nitrogens is 4. The predicted octanol–water partition coefficient (Wildman–Crippen LogP) is 5.92. The number of amides is 3. The van der Waals surface area contributed by atoms with Gasteiger partial charge >= 0.3 is 6.09 Å². The van der Waals surface area contributed by atoms with Crippen molar-refractivity contribution in [3.05, 3.63) is 87.0 Å². The maximum Gasteiger partial charge on any atom is 0.413 e. The zero-order valence-corrected chi connectivity index (χ0v) is 27.5.